The van der Waals surface area contributed by atoms with Gasteiger partial charge in [0.25, 0.3) is 0 Å². The Labute approximate surface area is 157 Å². The number of para-hydroxylation sites is 2. The molecule has 2 aromatic carbocycles. The highest BCUT2D eigenvalue weighted by atomic mass is 15.2. The lowest BCUT2D eigenvalue weighted by Crippen LogP contribution is -2.44. The SMILES string of the molecule is Cc1ccccc1N1CCC(=Cc2ccccc2N2CCN(C)CC2)C1. The molecule has 3 nitrogen and oxygen atoms in total. The Morgan fingerprint density at radius 2 is 1.46 bits per heavy atom. The minimum Gasteiger partial charge on any atom is -0.368 e. The number of rotatable bonds is 3. The maximum atomic E-state index is 2.54. The molecule has 0 aromatic heterocycles. The molecular formula is C23H29N3. The Morgan fingerprint density at radius 3 is 2.23 bits per heavy atom. The van der Waals surface area contributed by atoms with Crippen LogP contribution in [0, 0.1) is 6.92 Å². The lowest BCUT2D eigenvalue weighted by molar-refractivity contribution is 0.313. The lowest BCUT2D eigenvalue weighted by Gasteiger charge is -2.35. The van der Waals surface area contributed by atoms with Crippen LogP contribution in [0.1, 0.15) is 17.5 Å². The second-order valence-electron chi connectivity index (χ2n) is 7.61. The number of hydrogen-bond acceptors (Lipinski definition) is 3. The molecule has 0 aliphatic carbocycles. The van der Waals surface area contributed by atoms with E-state index in [4.69, 9.17) is 0 Å². The zero-order valence-corrected chi connectivity index (χ0v) is 16.0. The van der Waals surface area contributed by atoms with Gasteiger partial charge in [0.15, 0.2) is 0 Å². The molecule has 0 amide bonds. The molecule has 26 heavy (non-hydrogen) atoms. The van der Waals surface area contributed by atoms with Gasteiger partial charge in [-0.15, -0.1) is 0 Å². The number of likely N-dealkylation sites (N-methyl/N-ethyl adjacent to an activating group) is 1. The number of anilines is 2. The molecule has 0 radical (unpaired) electrons. The molecule has 2 aliphatic rings. The average molecular weight is 348 g/mol. The van der Waals surface area contributed by atoms with Crippen molar-refractivity contribution in [3.05, 3.63) is 65.2 Å². The first kappa shape index (κ1) is 17.2. The second-order valence-corrected chi connectivity index (χ2v) is 7.61. The third kappa shape index (κ3) is 3.63. The van der Waals surface area contributed by atoms with E-state index in [0.29, 0.717) is 0 Å². The van der Waals surface area contributed by atoms with Crippen molar-refractivity contribution in [2.45, 2.75) is 13.3 Å². The van der Waals surface area contributed by atoms with Crippen LogP contribution < -0.4 is 9.80 Å². The van der Waals surface area contributed by atoms with Gasteiger partial charge < -0.3 is 14.7 Å². The van der Waals surface area contributed by atoms with Gasteiger partial charge in [-0.1, -0.05) is 42.5 Å². The number of nitrogens with zero attached hydrogens (tertiary/aromatic N) is 3. The molecule has 3 heteroatoms. The highest BCUT2D eigenvalue weighted by molar-refractivity contribution is 5.71. The normalized spacial score (nSPS) is 20.2. The Balaban J connectivity index is 1.53. The summed E-state index contributed by atoms with van der Waals surface area (Å²) in [5.74, 6) is 0. The minimum atomic E-state index is 1.04. The molecule has 0 N–H and O–H groups in total. The molecule has 2 saturated heterocycles. The van der Waals surface area contributed by atoms with Gasteiger partial charge in [0.2, 0.25) is 0 Å². The zero-order valence-electron chi connectivity index (χ0n) is 16.0. The quantitative estimate of drug-likeness (QED) is 0.830. The largest absolute Gasteiger partial charge is 0.368 e. The number of aryl methyl sites for hydroxylation is 1. The van der Waals surface area contributed by atoms with Gasteiger partial charge >= 0.3 is 0 Å². The zero-order chi connectivity index (χ0) is 17.9. The molecule has 2 aromatic rings. The fraction of sp³-hybridized carbons (Fsp3) is 0.391. The molecule has 2 aliphatic heterocycles. The molecule has 0 spiro atoms. The van der Waals surface area contributed by atoms with Gasteiger partial charge in [-0.05, 0) is 49.2 Å². The molecule has 0 bridgehead atoms. The summed E-state index contributed by atoms with van der Waals surface area (Å²) in [5, 5.41) is 0. The van der Waals surface area contributed by atoms with Crippen molar-refractivity contribution in [1.82, 2.24) is 4.90 Å². The predicted octanol–water partition coefficient (Wildman–Crippen LogP) is 4.04. The summed E-state index contributed by atoms with van der Waals surface area (Å²) in [6.07, 6.45) is 3.59. The van der Waals surface area contributed by atoms with E-state index in [9.17, 15) is 0 Å². The van der Waals surface area contributed by atoms with Crippen molar-refractivity contribution in [1.29, 1.82) is 0 Å². The topological polar surface area (TPSA) is 9.72 Å². The summed E-state index contributed by atoms with van der Waals surface area (Å²) in [6.45, 7) is 8.89. The summed E-state index contributed by atoms with van der Waals surface area (Å²) in [6, 6.07) is 17.6. The van der Waals surface area contributed by atoms with Crippen LogP contribution in [0.2, 0.25) is 0 Å². The van der Waals surface area contributed by atoms with Gasteiger partial charge in [-0.2, -0.15) is 0 Å². The van der Waals surface area contributed by atoms with Crippen LogP contribution in [0.15, 0.2) is 54.1 Å². The fourth-order valence-corrected chi connectivity index (χ4v) is 4.09. The summed E-state index contributed by atoms with van der Waals surface area (Å²) < 4.78 is 0. The van der Waals surface area contributed by atoms with Crippen molar-refractivity contribution >= 4 is 17.5 Å². The van der Waals surface area contributed by atoms with E-state index in [-0.39, 0.29) is 0 Å². The Morgan fingerprint density at radius 1 is 0.769 bits per heavy atom. The van der Waals surface area contributed by atoms with E-state index < -0.39 is 0 Å². The van der Waals surface area contributed by atoms with Gasteiger partial charge in [0.1, 0.15) is 0 Å². The van der Waals surface area contributed by atoms with Crippen LogP contribution in [0.4, 0.5) is 11.4 Å². The first-order valence-electron chi connectivity index (χ1n) is 9.73. The Bertz CT molecular complexity index is 788. The summed E-state index contributed by atoms with van der Waals surface area (Å²) >= 11 is 0. The fourth-order valence-electron chi connectivity index (χ4n) is 4.09. The predicted molar refractivity (Wildman–Crippen MR) is 112 cm³/mol. The molecule has 2 fully saturated rings. The first-order chi connectivity index (χ1) is 12.7. The molecule has 0 unspecified atom stereocenters. The minimum absolute atomic E-state index is 1.04. The van der Waals surface area contributed by atoms with E-state index in [1.165, 1.54) is 28.1 Å². The second kappa shape index (κ2) is 7.55. The van der Waals surface area contributed by atoms with Crippen molar-refractivity contribution in [3.63, 3.8) is 0 Å². The van der Waals surface area contributed by atoms with Crippen LogP contribution in [0.5, 0.6) is 0 Å². The average Bonchev–Trinajstić information content (AvgIpc) is 3.12. The van der Waals surface area contributed by atoms with E-state index >= 15 is 0 Å². The smallest absolute Gasteiger partial charge is 0.0440 e. The lowest BCUT2D eigenvalue weighted by atomic mass is 10.1. The molecule has 2 heterocycles. The Kier molecular flexibility index (Phi) is 4.98. The third-order valence-electron chi connectivity index (χ3n) is 5.69. The van der Waals surface area contributed by atoms with Crippen molar-refractivity contribution < 1.29 is 0 Å². The highest BCUT2D eigenvalue weighted by Gasteiger charge is 2.20. The van der Waals surface area contributed by atoms with E-state index in [2.05, 4.69) is 83.3 Å². The van der Waals surface area contributed by atoms with Crippen molar-refractivity contribution in [2.24, 2.45) is 0 Å². The monoisotopic (exact) mass is 347 g/mol. The molecule has 4 rings (SSSR count). The van der Waals surface area contributed by atoms with Gasteiger partial charge in [-0.3, -0.25) is 0 Å². The highest BCUT2D eigenvalue weighted by Crippen LogP contribution is 2.30. The van der Waals surface area contributed by atoms with E-state index in [1.807, 2.05) is 0 Å². The van der Waals surface area contributed by atoms with Crippen molar-refractivity contribution in [3.8, 4) is 0 Å². The van der Waals surface area contributed by atoms with E-state index in [1.54, 1.807) is 0 Å². The first-order valence-corrected chi connectivity index (χ1v) is 9.73. The van der Waals surface area contributed by atoms with Crippen molar-refractivity contribution in [2.75, 3.05) is 56.1 Å². The molecule has 136 valence electrons. The van der Waals surface area contributed by atoms with Crippen LogP contribution >= 0.6 is 0 Å². The van der Waals surface area contributed by atoms with Crippen LogP contribution in [0.3, 0.4) is 0 Å². The Hall–Kier alpha value is -2.26. The molecule has 0 saturated carbocycles. The van der Waals surface area contributed by atoms with Crippen LogP contribution in [-0.2, 0) is 0 Å². The maximum absolute atomic E-state index is 2.54. The summed E-state index contributed by atoms with van der Waals surface area (Å²) in [4.78, 5) is 7.47. The standard InChI is InChI=1S/C23H29N3/c1-19-7-3-5-9-22(19)26-12-11-20(18-26)17-21-8-4-6-10-23(21)25-15-13-24(2)14-16-25/h3-10,17H,11-16,18H2,1-2H3. The van der Waals surface area contributed by atoms with Gasteiger partial charge in [0, 0.05) is 50.6 Å². The number of piperazine rings is 1. The molecular weight excluding hydrogens is 318 g/mol. The molecule has 0 atom stereocenters. The van der Waals surface area contributed by atoms with Gasteiger partial charge in [-0.25, -0.2) is 0 Å². The van der Waals surface area contributed by atoms with E-state index in [0.717, 1.165) is 45.7 Å². The third-order valence-corrected chi connectivity index (χ3v) is 5.69. The van der Waals surface area contributed by atoms with Crippen LogP contribution in [0.25, 0.3) is 6.08 Å². The summed E-state index contributed by atoms with van der Waals surface area (Å²) in [7, 11) is 2.21. The van der Waals surface area contributed by atoms with Crippen LogP contribution in [-0.4, -0.2) is 51.2 Å². The number of benzene rings is 2. The maximum Gasteiger partial charge on any atom is 0.0440 e. The van der Waals surface area contributed by atoms with Gasteiger partial charge in [0.05, 0.1) is 0 Å². The number of hydrogen-bond donors (Lipinski definition) is 0. The summed E-state index contributed by atoms with van der Waals surface area (Å²) in [5.41, 5.74) is 7.05.